The summed E-state index contributed by atoms with van der Waals surface area (Å²) >= 11 is 1.15. The molecule has 0 aromatic heterocycles. The lowest BCUT2D eigenvalue weighted by Gasteiger charge is -2.10. The van der Waals surface area contributed by atoms with Gasteiger partial charge in [-0.05, 0) is 12.2 Å². The molecule has 0 spiro atoms. The topological polar surface area (TPSA) is 122 Å². The number of rotatable bonds is 8. The van der Waals surface area contributed by atoms with Crippen molar-refractivity contribution >= 4 is 36.1 Å². The highest BCUT2D eigenvalue weighted by molar-refractivity contribution is 7.99. The van der Waals surface area contributed by atoms with E-state index in [1.165, 1.54) is 0 Å². The van der Waals surface area contributed by atoms with E-state index < -0.39 is 24.0 Å². The van der Waals surface area contributed by atoms with Crippen LogP contribution in [0, 0.1) is 0 Å². The molecule has 0 aromatic carbocycles. The van der Waals surface area contributed by atoms with Crippen molar-refractivity contribution in [1.29, 1.82) is 0 Å². The average Bonchev–Trinajstić information content (AvgIpc) is 2.32. The van der Waals surface area contributed by atoms with Crippen molar-refractivity contribution in [1.82, 2.24) is 10.6 Å². The second kappa shape index (κ2) is 9.28. The Morgan fingerprint density at radius 3 is 2.61 bits per heavy atom. The number of alkyl carbamates (subject to hydrolysis) is 1. The van der Waals surface area contributed by atoms with E-state index in [4.69, 9.17) is 5.11 Å². The van der Waals surface area contributed by atoms with Crippen LogP contribution in [0.5, 0.6) is 0 Å². The standard InChI is InChI=1S/C9H14N2O6S/c1-17-9(16)11-7(13)4-18-3-2-6(8(14)15)10-5-12/h5-6H,2-4H2,1H3,(H,10,12)(H,14,15)(H,11,13,16). The van der Waals surface area contributed by atoms with Gasteiger partial charge in [0.1, 0.15) is 6.04 Å². The Kier molecular flexibility index (Phi) is 8.37. The van der Waals surface area contributed by atoms with Crippen LogP contribution in [0.25, 0.3) is 0 Å². The van der Waals surface area contributed by atoms with Crippen LogP contribution in [0.15, 0.2) is 0 Å². The van der Waals surface area contributed by atoms with Gasteiger partial charge in [0.15, 0.2) is 0 Å². The third-order valence-electron chi connectivity index (χ3n) is 1.78. The molecule has 3 amide bonds. The zero-order chi connectivity index (χ0) is 14.0. The lowest BCUT2D eigenvalue weighted by Crippen LogP contribution is -2.36. The van der Waals surface area contributed by atoms with Gasteiger partial charge in [-0.3, -0.25) is 14.9 Å². The van der Waals surface area contributed by atoms with Crippen molar-refractivity contribution < 1.29 is 29.0 Å². The molecule has 0 saturated carbocycles. The summed E-state index contributed by atoms with van der Waals surface area (Å²) in [6.07, 6.45) is -0.343. The molecule has 0 aliphatic heterocycles. The molecule has 8 nitrogen and oxygen atoms in total. The normalized spacial score (nSPS) is 11.2. The summed E-state index contributed by atoms with van der Waals surface area (Å²) in [5.41, 5.74) is 0. The lowest BCUT2D eigenvalue weighted by atomic mass is 10.2. The minimum atomic E-state index is -1.14. The number of amides is 3. The van der Waals surface area contributed by atoms with Crippen molar-refractivity contribution in [2.75, 3.05) is 18.6 Å². The van der Waals surface area contributed by atoms with Crippen LogP contribution < -0.4 is 10.6 Å². The molecule has 0 aromatic rings. The highest BCUT2D eigenvalue weighted by Gasteiger charge is 2.16. The highest BCUT2D eigenvalue weighted by atomic mass is 32.2. The van der Waals surface area contributed by atoms with Crippen molar-refractivity contribution in [2.45, 2.75) is 12.5 Å². The zero-order valence-electron chi connectivity index (χ0n) is 9.67. The second-order valence-electron chi connectivity index (χ2n) is 3.06. The number of thioether (sulfide) groups is 1. The summed E-state index contributed by atoms with van der Waals surface area (Å²) in [5, 5.41) is 12.8. The van der Waals surface area contributed by atoms with E-state index in [2.05, 4.69) is 10.1 Å². The summed E-state index contributed by atoms with van der Waals surface area (Å²) in [4.78, 5) is 42.5. The molecule has 0 heterocycles. The highest BCUT2D eigenvalue weighted by Crippen LogP contribution is 2.05. The van der Waals surface area contributed by atoms with Gasteiger partial charge in [-0.25, -0.2) is 9.59 Å². The van der Waals surface area contributed by atoms with Gasteiger partial charge < -0.3 is 15.2 Å². The summed E-state index contributed by atoms with van der Waals surface area (Å²) in [6.45, 7) is 0. The third-order valence-corrected chi connectivity index (χ3v) is 2.77. The maximum absolute atomic E-state index is 11.1. The first-order chi connectivity index (χ1) is 8.51. The van der Waals surface area contributed by atoms with Crippen LogP contribution in [0.1, 0.15) is 6.42 Å². The maximum Gasteiger partial charge on any atom is 0.413 e. The molecular formula is C9H14N2O6S. The van der Waals surface area contributed by atoms with Gasteiger partial charge in [0, 0.05) is 0 Å². The van der Waals surface area contributed by atoms with Crippen molar-refractivity contribution in [3.05, 3.63) is 0 Å². The smallest absolute Gasteiger partial charge is 0.413 e. The molecule has 0 radical (unpaired) electrons. The minimum absolute atomic E-state index is 0.00251. The van der Waals surface area contributed by atoms with E-state index in [1.807, 2.05) is 5.32 Å². The first kappa shape index (κ1) is 16.2. The molecule has 102 valence electrons. The predicted molar refractivity (Wildman–Crippen MR) is 63.1 cm³/mol. The summed E-state index contributed by atoms with van der Waals surface area (Å²) in [5.74, 6) is -1.31. The van der Waals surface area contributed by atoms with Gasteiger partial charge >= 0.3 is 12.1 Å². The Morgan fingerprint density at radius 1 is 1.44 bits per heavy atom. The fourth-order valence-corrected chi connectivity index (χ4v) is 1.73. The number of carbonyl (C=O) groups excluding carboxylic acids is 3. The van der Waals surface area contributed by atoms with E-state index in [9.17, 15) is 19.2 Å². The fourth-order valence-electron chi connectivity index (χ4n) is 0.927. The van der Waals surface area contributed by atoms with E-state index in [1.54, 1.807) is 0 Å². The van der Waals surface area contributed by atoms with Gasteiger partial charge in [0.2, 0.25) is 12.3 Å². The van der Waals surface area contributed by atoms with Crippen molar-refractivity contribution in [2.24, 2.45) is 0 Å². The second-order valence-corrected chi connectivity index (χ2v) is 4.16. The Morgan fingerprint density at radius 2 is 2.11 bits per heavy atom. The van der Waals surface area contributed by atoms with Crippen LogP contribution in [0.4, 0.5) is 4.79 Å². The van der Waals surface area contributed by atoms with Gasteiger partial charge in [-0.15, -0.1) is 0 Å². The number of methoxy groups -OCH3 is 1. The molecule has 1 unspecified atom stereocenters. The van der Waals surface area contributed by atoms with Crippen LogP contribution >= 0.6 is 11.8 Å². The molecule has 0 saturated heterocycles. The van der Waals surface area contributed by atoms with E-state index >= 15 is 0 Å². The number of hydrogen-bond acceptors (Lipinski definition) is 6. The number of ether oxygens (including phenoxy) is 1. The third kappa shape index (κ3) is 7.49. The van der Waals surface area contributed by atoms with E-state index in [0.29, 0.717) is 12.2 Å². The lowest BCUT2D eigenvalue weighted by molar-refractivity contribution is -0.140. The Labute approximate surface area is 107 Å². The largest absolute Gasteiger partial charge is 0.480 e. The zero-order valence-corrected chi connectivity index (χ0v) is 10.5. The molecular weight excluding hydrogens is 264 g/mol. The Hall–Kier alpha value is -1.77. The molecule has 1 atom stereocenters. The summed E-state index contributed by atoms with van der Waals surface area (Å²) in [6, 6.07) is -0.973. The van der Waals surface area contributed by atoms with Gasteiger partial charge in [-0.2, -0.15) is 11.8 Å². The molecule has 18 heavy (non-hydrogen) atoms. The summed E-state index contributed by atoms with van der Waals surface area (Å²) in [7, 11) is 1.14. The Balaban J connectivity index is 3.77. The number of nitrogens with one attached hydrogen (secondary N) is 2. The first-order valence-electron chi connectivity index (χ1n) is 4.89. The minimum Gasteiger partial charge on any atom is -0.480 e. The SMILES string of the molecule is COC(=O)NC(=O)CSCCC(NC=O)C(=O)O. The maximum atomic E-state index is 11.1. The van der Waals surface area contributed by atoms with Crippen LogP contribution in [-0.4, -0.2) is 54.1 Å². The number of carboxylic acids is 1. The van der Waals surface area contributed by atoms with E-state index in [0.717, 1.165) is 18.9 Å². The molecule has 0 aliphatic rings. The average molecular weight is 278 g/mol. The molecule has 0 aliphatic carbocycles. The monoisotopic (exact) mass is 278 g/mol. The van der Waals surface area contributed by atoms with Gasteiger partial charge in [0.05, 0.1) is 12.9 Å². The summed E-state index contributed by atoms with van der Waals surface area (Å²) < 4.78 is 4.22. The van der Waals surface area contributed by atoms with Crippen molar-refractivity contribution in [3.63, 3.8) is 0 Å². The Bertz CT molecular complexity index is 322. The van der Waals surface area contributed by atoms with Crippen LogP contribution in [0.2, 0.25) is 0 Å². The molecule has 3 N–H and O–H groups in total. The van der Waals surface area contributed by atoms with E-state index in [-0.39, 0.29) is 12.2 Å². The van der Waals surface area contributed by atoms with Crippen LogP contribution in [-0.2, 0) is 19.1 Å². The molecule has 0 rings (SSSR count). The molecule has 0 fully saturated rings. The fraction of sp³-hybridized carbons (Fsp3) is 0.556. The number of carbonyl (C=O) groups is 4. The number of aliphatic carboxylic acids is 1. The quantitative estimate of drug-likeness (QED) is 0.392. The van der Waals surface area contributed by atoms with Gasteiger partial charge in [-0.1, -0.05) is 0 Å². The van der Waals surface area contributed by atoms with Gasteiger partial charge in [0.25, 0.3) is 0 Å². The molecule has 0 bridgehead atoms. The predicted octanol–water partition coefficient (Wildman–Crippen LogP) is -0.808. The number of hydrogen-bond donors (Lipinski definition) is 3. The van der Waals surface area contributed by atoms with Crippen molar-refractivity contribution in [3.8, 4) is 0 Å². The number of imide groups is 1. The number of carboxylic acid groups (broad SMARTS) is 1. The first-order valence-corrected chi connectivity index (χ1v) is 6.04. The molecule has 9 heteroatoms. The van der Waals surface area contributed by atoms with Crippen LogP contribution in [0.3, 0.4) is 0 Å².